The SMILES string of the molecule is CN1C(=O)c2cc(NC(=O)c3cscn3)ccc2OC[C@H]2O[C@H](CC(=O)N3CCOCC3)CC[C@H]21. The Balaban J connectivity index is 1.27. The fourth-order valence-corrected chi connectivity index (χ4v) is 5.29. The number of anilines is 1. The van der Waals surface area contributed by atoms with Gasteiger partial charge >= 0.3 is 0 Å². The van der Waals surface area contributed by atoms with Crippen molar-refractivity contribution in [3.05, 3.63) is 40.3 Å². The number of hydrogen-bond donors (Lipinski definition) is 1. The molecule has 186 valence electrons. The molecule has 0 aliphatic carbocycles. The molecule has 2 saturated heterocycles. The average molecular weight is 501 g/mol. The number of benzene rings is 1. The van der Waals surface area contributed by atoms with E-state index in [1.54, 1.807) is 41.0 Å². The Hall–Kier alpha value is -3.02. The number of fused-ring (bicyclic) bond motifs is 2. The molecule has 0 spiro atoms. The van der Waals surface area contributed by atoms with E-state index in [0.29, 0.717) is 68.3 Å². The molecule has 0 saturated carbocycles. The van der Waals surface area contributed by atoms with E-state index in [1.165, 1.54) is 11.3 Å². The van der Waals surface area contributed by atoms with Crippen molar-refractivity contribution in [3.63, 3.8) is 0 Å². The smallest absolute Gasteiger partial charge is 0.275 e. The van der Waals surface area contributed by atoms with Crippen LogP contribution in [0.5, 0.6) is 5.75 Å². The molecule has 1 aromatic heterocycles. The Morgan fingerprint density at radius 2 is 2.06 bits per heavy atom. The van der Waals surface area contributed by atoms with E-state index >= 15 is 0 Å². The molecule has 2 aromatic rings. The van der Waals surface area contributed by atoms with Crippen LogP contribution in [0.1, 0.15) is 40.1 Å². The number of carbonyl (C=O) groups is 3. The summed E-state index contributed by atoms with van der Waals surface area (Å²) in [6, 6.07) is 4.84. The van der Waals surface area contributed by atoms with E-state index in [-0.39, 0.29) is 42.6 Å². The highest BCUT2D eigenvalue weighted by molar-refractivity contribution is 7.07. The fourth-order valence-electron chi connectivity index (χ4n) is 4.76. The zero-order valence-electron chi connectivity index (χ0n) is 19.5. The first kappa shape index (κ1) is 23.7. The lowest BCUT2D eigenvalue weighted by molar-refractivity contribution is -0.146. The molecule has 10 nitrogen and oxygen atoms in total. The molecule has 4 heterocycles. The van der Waals surface area contributed by atoms with Gasteiger partial charge in [-0.1, -0.05) is 0 Å². The van der Waals surface area contributed by atoms with Crippen LogP contribution in [0.4, 0.5) is 5.69 Å². The Labute approximate surface area is 207 Å². The number of rotatable bonds is 4. The molecule has 1 aromatic carbocycles. The predicted octanol–water partition coefficient (Wildman–Crippen LogP) is 2.02. The summed E-state index contributed by atoms with van der Waals surface area (Å²) in [6.07, 6.45) is 1.18. The Kier molecular flexibility index (Phi) is 6.98. The lowest BCUT2D eigenvalue weighted by atomic mass is 9.94. The predicted molar refractivity (Wildman–Crippen MR) is 128 cm³/mol. The molecular weight excluding hydrogens is 472 g/mol. The molecule has 11 heteroatoms. The van der Waals surface area contributed by atoms with Crippen molar-refractivity contribution in [3.8, 4) is 5.75 Å². The lowest BCUT2D eigenvalue weighted by Crippen LogP contribution is -2.54. The number of nitrogens with zero attached hydrogens (tertiary/aromatic N) is 3. The fraction of sp³-hybridized carbons (Fsp3) is 0.500. The van der Waals surface area contributed by atoms with Crippen LogP contribution in [0.2, 0.25) is 0 Å². The third-order valence-electron chi connectivity index (χ3n) is 6.70. The second-order valence-corrected chi connectivity index (χ2v) is 9.62. The summed E-state index contributed by atoms with van der Waals surface area (Å²) in [5.41, 5.74) is 2.79. The largest absolute Gasteiger partial charge is 0.490 e. The first-order valence-corrected chi connectivity index (χ1v) is 12.7. The monoisotopic (exact) mass is 500 g/mol. The normalized spacial score (nSPS) is 24.5. The molecule has 35 heavy (non-hydrogen) atoms. The molecular formula is C24H28N4O6S. The van der Waals surface area contributed by atoms with E-state index in [2.05, 4.69) is 10.3 Å². The molecule has 3 amide bonds. The molecule has 0 unspecified atom stereocenters. The van der Waals surface area contributed by atoms with Crippen LogP contribution in [-0.4, -0.2) is 90.7 Å². The standard InChI is InChI=1S/C24H28N4O6S/c1-27-19-4-3-16(11-22(29)28-6-8-32-9-7-28)34-21(19)12-33-20-5-2-15(10-17(20)24(27)31)26-23(30)18-13-35-14-25-18/h2,5,10,13-14,16,19,21H,3-4,6-9,11-12H2,1H3,(H,26,30)/t16-,19+,21+/m0/s1. The van der Waals surface area contributed by atoms with Gasteiger partial charge in [0.25, 0.3) is 11.8 Å². The average Bonchev–Trinajstić information content (AvgIpc) is 3.42. The van der Waals surface area contributed by atoms with Crippen LogP contribution in [0.3, 0.4) is 0 Å². The summed E-state index contributed by atoms with van der Waals surface area (Å²) in [5, 5.41) is 4.45. The number of ether oxygens (including phenoxy) is 3. The maximum Gasteiger partial charge on any atom is 0.275 e. The molecule has 3 atom stereocenters. The van der Waals surface area contributed by atoms with Gasteiger partial charge in [0.15, 0.2) is 0 Å². The van der Waals surface area contributed by atoms with Crippen molar-refractivity contribution in [1.82, 2.24) is 14.8 Å². The van der Waals surface area contributed by atoms with Gasteiger partial charge in [-0.3, -0.25) is 14.4 Å². The van der Waals surface area contributed by atoms with Gasteiger partial charge in [0.2, 0.25) is 5.91 Å². The van der Waals surface area contributed by atoms with E-state index in [4.69, 9.17) is 14.2 Å². The summed E-state index contributed by atoms with van der Waals surface area (Å²) in [4.78, 5) is 45.9. The third-order valence-corrected chi connectivity index (χ3v) is 7.29. The Morgan fingerprint density at radius 1 is 1.23 bits per heavy atom. The summed E-state index contributed by atoms with van der Waals surface area (Å²) in [5.74, 6) is -0.0318. The van der Waals surface area contributed by atoms with Crippen molar-refractivity contribution < 1.29 is 28.6 Å². The minimum Gasteiger partial charge on any atom is -0.490 e. The van der Waals surface area contributed by atoms with Crippen molar-refractivity contribution in [2.75, 3.05) is 45.3 Å². The van der Waals surface area contributed by atoms with Gasteiger partial charge in [0.1, 0.15) is 24.2 Å². The van der Waals surface area contributed by atoms with E-state index in [1.807, 2.05) is 4.90 Å². The van der Waals surface area contributed by atoms with E-state index < -0.39 is 0 Å². The molecule has 0 radical (unpaired) electrons. The number of thiazole rings is 1. The van der Waals surface area contributed by atoms with Crippen molar-refractivity contribution in [2.45, 2.75) is 37.5 Å². The zero-order chi connectivity index (χ0) is 24.4. The Bertz CT molecular complexity index is 1090. The van der Waals surface area contributed by atoms with E-state index in [9.17, 15) is 14.4 Å². The second kappa shape index (κ2) is 10.3. The molecule has 2 fully saturated rings. The number of morpholine rings is 1. The quantitative estimate of drug-likeness (QED) is 0.684. The van der Waals surface area contributed by atoms with Gasteiger partial charge in [-0.25, -0.2) is 4.98 Å². The van der Waals surface area contributed by atoms with Gasteiger partial charge in [0, 0.05) is 31.2 Å². The number of nitrogens with one attached hydrogen (secondary N) is 1. The maximum absolute atomic E-state index is 13.4. The van der Waals surface area contributed by atoms with Crippen molar-refractivity contribution in [1.29, 1.82) is 0 Å². The van der Waals surface area contributed by atoms with Crippen LogP contribution < -0.4 is 10.1 Å². The second-order valence-electron chi connectivity index (χ2n) is 8.90. The summed E-state index contributed by atoms with van der Waals surface area (Å²) in [6.45, 7) is 2.63. The summed E-state index contributed by atoms with van der Waals surface area (Å²) < 4.78 is 17.6. The van der Waals surface area contributed by atoms with Crippen LogP contribution in [0.15, 0.2) is 29.1 Å². The Morgan fingerprint density at radius 3 is 2.83 bits per heavy atom. The third kappa shape index (κ3) is 5.16. The van der Waals surface area contributed by atoms with Gasteiger partial charge in [0.05, 0.1) is 42.9 Å². The van der Waals surface area contributed by atoms with Crippen molar-refractivity contribution in [2.24, 2.45) is 0 Å². The highest BCUT2D eigenvalue weighted by Crippen LogP contribution is 2.32. The number of likely N-dealkylation sites (N-methyl/N-ethyl adjacent to an activating group) is 1. The van der Waals surface area contributed by atoms with Gasteiger partial charge in [-0.2, -0.15) is 0 Å². The highest BCUT2D eigenvalue weighted by atomic mass is 32.1. The van der Waals surface area contributed by atoms with Crippen LogP contribution >= 0.6 is 11.3 Å². The number of carbonyl (C=O) groups excluding carboxylic acids is 3. The summed E-state index contributed by atoms with van der Waals surface area (Å²) >= 11 is 1.34. The number of hydrogen-bond acceptors (Lipinski definition) is 8. The van der Waals surface area contributed by atoms with Gasteiger partial charge < -0.3 is 29.3 Å². The summed E-state index contributed by atoms with van der Waals surface area (Å²) in [7, 11) is 1.76. The van der Waals surface area contributed by atoms with E-state index in [0.717, 1.165) is 0 Å². The van der Waals surface area contributed by atoms with Crippen molar-refractivity contribution >= 4 is 34.7 Å². The first-order valence-electron chi connectivity index (χ1n) is 11.7. The minimum atomic E-state index is -0.336. The zero-order valence-corrected chi connectivity index (χ0v) is 20.3. The maximum atomic E-state index is 13.4. The minimum absolute atomic E-state index is 0.0746. The highest BCUT2D eigenvalue weighted by Gasteiger charge is 2.39. The molecule has 3 aliphatic heterocycles. The van der Waals surface area contributed by atoms with Gasteiger partial charge in [-0.15, -0.1) is 11.3 Å². The number of aromatic nitrogens is 1. The number of amides is 3. The van der Waals surface area contributed by atoms with Crippen LogP contribution in [0, 0.1) is 0 Å². The molecule has 5 rings (SSSR count). The first-order chi connectivity index (χ1) is 17.0. The van der Waals surface area contributed by atoms with Crippen LogP contribution in [-0.2, 0) is 14.3 Å². The lowest BCUT2D eigenvalue weighted by Gasteiger charge is -2.42. The molecule has 3 aliphatic rings. The van der Waals surface area contributed by atoms with Gasteiger partial charge in [-0.05, 0) is 31.0 Å². The molecule has 0 bridgehead atoms. The topological polar surface area (TPSA) is 110 Å². The van der Waals surface area contributed by atoms with Crippen LogP contribution in [0.25, 0.3) is 0 Å². The molecule has 1 N–H and O–H groups in total.